The molecule has 1 atom stereocenters. The molecular weight excluding hydrogens is 240 g/mol. The fourth-order valence-corrected chi connectivity index (χ4v) is 2.70. The maximum absolute atomic E-state index is 4.51. The van der Waals surface area contributed by atoms with Gasteiger partial charge in [0.25, 0.3) is 0 Å². The Morgan fingerprint density at radius 3 is 3.26 bits per heavy atom. The maximum atomic E-state index is 4.51. The van der Waals surface area contributed by atoms with Crippen molar-refractivity contribution in [3.05, 3.63) is 18.7 Å². The molecule has 1 aliphatic rings. The highest BCUT2D eigenvalue weighted by atomic mass is 15.3. The van der Waals surface area contributed by atoms with E-state index in [9.17, 15) is 0 Å². The summed E-state index contributed by atoms with van der Waals surface area (Å²) in [6.45, 7) is 5.32. The molecule has 0 amide bonds. The van der Waals surface area contributed by atoms with Crippen LogP contribution in [-0.2, 0) is 0 Å². The summed E-state index contributed by atoms with van der Waals surface area (Å²) in [4.78, 5) is 6.84. The number of nitrogens with zero attached hydrogens (tertiary/aromatic N) is 5. The van der Waals surface area contributed by atoms with Crippen LogP contribution < -0.4 is 10.2 Å². The van der Waals surface area contributed by atoms with Gasteiger partial charge in [0.15, 0.2) is 5.82 Å². The first-order valence-corrected chi connectivity index (χ1v) is 7.01. The third-order valence-corrected chi connectivity index (χ3v) is 3.59. The Morgan fingerprint density at radius 2 is 2.47 bits per heavy atom. The number of rotatable bonds is 5. The van der Waals surface area contributed by atoms with Crippen LogP contribution in [0.5, 0.6) is 0 Å². The molecule has 102 valence electrons. The molecule has 3 rings (SSSR count). The third-order valence-electron chi connectivity index (χ3n) is 3.59. The first kappa shape index (κ1) is 12.3. The minimum atomic E-state index is 0.566. The van der Waals surface area contributed by atoms with E-state index in [1.807, 2.05) is 16.8 Å². The third kappa shape index (κ3) is 2.53. The number of fused-ring (bicyclic) bond motifs is 1. The van der Waals surface area contributed by atoms with E-state index in [0.717, 1.165) is 37.5 Å². The molecule has 0 saturated carbocycles. The van der Waals surface area contributed by atoms with E-state index in [4.69, 9.17) is 0 Å². The van der Waals surface area contributed by atoms with Crippen LogP contribution in [0.2, 0.25) is 0 Å². The number of nitrogens with one attached hydrogen (secondary N) is 1. The predicted molar refractivity (Wildman–Crippen MR) is 74.3 cm³/mol. The lowest BCUT2D eigenvalue weighted by Gasteiger charge is -2.26. The minimum absolute atomic E-state index is 0.566. The molecule has 1 unspecified atom stereocenters. The Labute approximate surface area is 112 Å². The summed E-state index contributed by atoms with van der Waals surface area (Å²) in [5.74, 6) is 0.940. The summed E-state index contributed by atoms with van der Waals surface area (Å²) in [7, 11) is 0. The van der Waals surface area contributed by atoms with E-state index in [-0.39, 0.29) is 0 Å². The van der Waals surface area contributed by atoms with Crippen LogP contribution in [0.4, 0.5) is 5.82 Å². The van der Waals surface area contributed by atoms with Crippen LogP contribution in [0.3, 0.4) is 0 Å². The molecule has 0 radical (unpaired) electrons. The summed E-state index contributed by atoms with van der Waals surface area (Å²) in [5.41, 5.74) is 0.842. The molecule has 2 aromatic heterocycles. The standard InChI is InChI=1S/C13H20N6/c1-2-7-18(9-11-4-3-5-14-11)12-13-17-16-10-19(13)8-6-15-12/h6,8,10-11,14H,2-5,7,9H2,1H3. The lowest BCUT2D eigenvalue weighted by atomic mass is 10.2. The highest BCUT2D eigenvalue weighted by molar-refractivity contribution is 5.63. The molecule has 6 nitrogen and oxygen atoms in total. The lowest BCUT2D eigenvalue weighted by Crippen LogP contribution is -2.38. The molecule has 1 aliphatic heterocycles. The van der Waals surface area contributed by atoms with Crippen molar-refractivity contribution in [2.45, 2.75) is 32.2 Å². The second-order valence-corrected chi connectivity index (χ2v) is 5.05. The Kier molecular flexibility index (Phi) is 3.59. The average Bonchev–Trinajstić information content (AvgIpc) is 3.08. The van der Waals surface area contributed by atoms with Gasteiger partial charge < -0.3 is 10.2 Å². The van der Waals surface area contributed by atoms with E-state index in [0.29, 0.717) is 6.04 Å². The zero-order chi connectivity index (χ0) is 13.1. The normalized spacial score (nSPS) is 19.1. The Balaban J connectivity index is 1.87. The number of hydrogen-bond donors (Lipinski definition) is 1. The minimum Gasteiger partial charge on any atom is -0.352 e. The summed E-state index contributed by atoms with van der Waals surface area (Å²) in [6, 6.07) is 0.566. The van der Waals surface area contributed by atoms with E-state index in [1.165, 1.54) is 12.8 Å². The summed E-state index contributed by atoms with van der Waals surface area (Å²) >= 11 is 0. The van der Waals surface area contributed by atoms with Gasteiger partial charge in [-0.1, -0.05) is 6.92 Å². The van der Waals surface area contributed by atoms with Crippen molar-refractivity contribution in [2.24, 2.45) is 0 Å². The van der Waals surface area contributed by atoms with Crippen LogP contribution in [0.25, 0.3) is 5.65 Å². The van der Waals surface area contributed by atoms with Gasteiger partial charge >= 0.3 is 0 Å². The highest BCUT2D eigenvalue weighted by Crippen LogP contribution is 2.18. The number of hydrogen-bond acceptors (Lipinski definition) is 5. The Hall–Kier alpha value is -1.69. The van der Waals surface area contributed by atoms with Gasteiger partial charge in [-0.15, -0.1) is 10.2 Å². The van der Waals surface area contributed by atoms with Crippen molar-refractivity contribution in [1.82, 2.24) is 24.9 Å². The molecule has 3 heterocycles. The predicted octanol–water partition coefficient (Wildman–Crippen LogP) is 1.09. The second-order valence-electron chi connectivity index (χ2n) is 5.05. The maximum Gasteiger partial charge on any atom is 0.203 e. The van der Waals surface area contributed by atoms with Gasteiger partial charge in [0.1, 0.15) is 6.33 Å². The topological polar surface area (TPSA) is 58.4 Å². The molecule has 0 spiro atoms. The van der Waals surface area contributed by atoms with Gasteiger partial charge in [-0.3, -0.25) is 4.40 Å². The van der Waals surface area contributed by atoms with E-state index >= 15 is 0 Å². The summed E-state index contributed by atoms with van der Waals surface area (Å²) in [5, 5.41) is 11.7. The highest BCUT2D eigenvalue weighted by Gasteiger charge is 2.20. The molecule has 1 fully saturated rings. The Morgan fingerprint density at radius 1 is 1.53 bits per heavy atom. The molecule has 0 bridgehead atoms. The smallest absolute Gasteiger partial charge is 0.203 e. The van der Waals surface area contributed by atoms with Gasteiger partial charge in [0.05, 0.1) is 0 Å². The largest absolute Gasteiger partial charge is 0.352 e. The zero-order valence-electron chi connectivity index (χ0n) is 11.3. The van der Waals surface area contributed by atoms with Crippen molar-refractivity contribution in [2.75, 3.05) is 24.5 Å². The van der Waals surface area contributed by atoms with Gasteiger partial charge in [-0.25, -0.2) is 4.98 Å². The van der Waals surface area contributed by atoms with Crippen LogP contribution in [-0.4, -0.2) is 45.3 Å². The van der Waals surface area contributed by atoms with Gasteiger partial charge in [-0.05, 0) is 25.8 Å². The SMILES string of the molecule is CCCN(CC1CCCN1)c1nccn2cnnc12. The molecule has 0 aliphatic carbocycles. The Bertz CT molecular complexity index is 531. The van der Waals surface area contributed by atoms with Crippen molar-refractivity contribution in [3.63, 3.8) is 0 Å². The van der Waals surface area contributed by atoms with Gasteiger partial charge in [0, 0.05) is 31.5 Å². The van der Waals surface area contributed by atoms with E-state index in [1.54, 1.807) is 6.33 Å². The molecule has 0 aromatic carbocycles. The van der Waals surface area contributed by atoms with Crippen LogP contribution in [0, 0.1) is 0 Å². The van der Waals surface area contributed by atoms with Crippen LogP contribution >= 0.6 is 0 Å². The molecule has 19 heavy (non-hydrogen) atoms. The van der Waals surface area contributed by atoms with Crippen molar-refractivity contribution >= 4 is 11.5 Å². The molecular formula is C13H20N6. The first-order valence-electron chi connectivity index (χ1n) is 7.01. The van der Waals surface area contributed by atoms with Gasteiger partial charge in [-0.2, -0.15) is 0 Å². The molecule has 1 saturated heterocycles. The van der Waals surface area contributed by atoms with E-state index in [2.05, 4.69) is 32.3 Å². The fourth-order valence-electron chi connectivity index (χ4n) is 2.70. The van der Waals surface area contributed by atoms with Crippen LogP contribution in [0.1, 0.15) is 26.2 Å². The number of anilines is 1. The van der Waals surface area contributed by atoms with Crippen molar-refractivity contribution in [1.29, 1.82) is 0 Å². The number of aromatic nitrogens is 4. The van der Waals surface area contributed by atoms with E-state index < -0.39 is 0 Å². The van der Waals surface area contributed by atoms with Crippen molar-refractivity contribution in [3.8, 4) is 0 Å². The first-order chi connectivity index (χ1) is 9.38. The average molecular weight is 260 g/mol. The summed E-state index contributed by atoms with van der Waals surface area (Å²) in [6.07, 6.45) is 9.04. The second kappa shape index (κ2) is 5.52. The van der Waals surface area contributed by atoms with Crippen molar-refractivity contribution < 1.29 is 0 Å². The monoisotopic (exact) mass is 260 g/mol. The quantitative estimate of drug-likeness (QED) is 0.872. The van der Waals surface area contributed by atoms with Gasteiger partial charge in [0.2, 0.25) is 5.65 Å². The molecule has 2 aromatic rings. The molecule has 6 heteroatoms. The zero-order valence-corrected chi connectivity index (χ0v) is 11.3. The summed E-state index contributed by atoms with van der Waals surface area (Å²) < 4.78 is 1.92. The molecule has 1 N–H and O–H groups in total. The van der Waals surface area contributed by atoms with Crippen LogP contribution in [0.15, 0.2) is 18.7 Å². The fraction of sp³-hybridized carbons (Fsp3) is 0.615. The lowest BCUT2D eigenvalue weighted by molar-refractivity contribution is 0.575.